The number of piperidine rings is 1. The Hall–Kier alpha value is -0.500. The SMILES string of the molecule is O=S(=O)(c1ccc(F)cc1Br)N1CCN2CCCCC2C1. The summed E-state index contributed by atoms with van der Waals surface area (Å²) in [6.45, 7) is 2.89. The van der Waals surface area contributed by atoms with E-state index in [1.807, 2.05) is 0 Å². The minimum absolute atomic E-state index is 0.146. The van der Waals surface area contributed by atoms with Crippen LogP contribution in [0, 0.1) is 5.82 Å². The maximum absolute atomic E-state index is 13.2. The Labute approximate surface area is 133 Å². The molecule has 1 atom stereocenters. The third-order valence-electron chi connectivity index (χ3n) is 4.31. The number of hydrogen-bond acceptors (Lipinski definition) is 3. The predicted molar refractivity (Wildman–Crippen MR) is 82.1 cm³/mol. The minimum atomic E-state index is -3.57. The van der Waals surface area contributed by atoms with Crippen molar-refractivity contribution in [2.75, 3.05) is 26.2 Å². The van der Waals surface area contributed by atoms with Gasteiger partial charge in [0.1, 0.15) is 5.82 Å². The Morgan fingerprint density at radius 1 is 1.19 bits per heavy atom. The van der Waals surface area contributed by atoms with Crippen molar-refractivity contribution in [3.63, 3.8) is 0 Å². The van der Waals surface area contributed by atoms with Crippen molar-refractivity contribution >= 4 is 26.0 Å². The van der Waals surface area contributed by atoms with Crippen LogP contribution in [0.1, 0.15) is 19.3 Å². The quantitative estimate of drug-likeness (QED) is 0.795. The minimum Gasteiger partial charge on any atom is -0.298 e. The summed E-state index contributed by atoms with van der Waals surface area (Å²) in [5, 5.41) is 0. The van der Waals surface area contributed by atoms with E-state index in [0.717, 1.165) is 25.9 Å². The average Bonchev–Trinajstić information content (AvgIpc) is 2.46. The molecule has 0 N–H and O–H groups in total. The van der Waals surface area contributed by atoms with Crippen molar-refractivity contribution in [3.8, 4) is 0 Å². The fraction of sp³-hybridized carbons (Fsp3) is 0.571. The molecular formula is C14H18BrFN2O2S. The van der Waals surface area contributed by atoms with E-state index in [0.29, 0.717) is 19.1 Å². The second-order valence-corrected chi connectivity index (χ2v) is 8.38. The Balaban J connectivity index is 1.85. The van der Waals surface area contributed by atoms with Gasteiger partial charge in [-0.2, -0.15) is 4.31 Å². The normalized spacial score (nSPS) is 24.8. The highest BCUT2D eigenvalue weighted by Gasteiger charge is 2.35. The van der Waals surface area contributed by atoms with E-state index in [2.05, 4.69) is 20.8 Å². The standard InChI is InChI=1S/C14H18BrFN2O2S/c15-13-9-11(16)4-5-14(13)21(19,20)18-8-7-17-6-2-1-3-12(17)10-18/h4-5,9,12H,1-3,6-8,10H2. The van der Waals surface area contributed by atoms with Gasteiger partial charge in [0.05, 0.1) is 4.90 Å². The second kappa shape index (κ2) is 5.95. The van der Waals surface area contributed by atoms with E-state index < -0.39 is 15.8 Å². The van der Waals surface area contributed by atoms with Crippen LogP contribution in [0.5, 0.6) is 0 Å². The van der Waals surface area contributed by atoms with Crippen LogP contribution in [0.4, 0.5) is 4.39 Å². The van der Waals surface area contributed by atoms with Crippen LogP contribution in [0.2, 0.25) is 0 Å². The lowest BCUT2D eigenvalue weighted by molar-refractivity contribution is 0.0851. The molecule has 2 aliphatic rings. The molecule has 0 bridgehead atoms. The molecule has 116 valence electrons. The number of halogens is 2. The summed E-state index contributed by atoms with van der Waals surface area (Å²) in [4.78, 5) is 2.53. The van der Waals surface area contributed by atoms with E-state index in [1.165, 1.54) is 28.9 Å². The van der Waals surface area contributed by atoms with Crippen LogP contribution in [0.25, 0.3) is 0 Å². The Bertz CT molecular complexity index is 638. The highest BCUT2D eigenvalue weighted by Crippen LogP contribution is 2.29. The highest BCUT2D eigenvalue weighted by molar-refractivity contribution is 9.10. The molecule has 0 aliphatic carbocycles. The van der Waals surface area contributed by atoms with Crippen molar-refractivity contribution in [2.24, 2.45) is 0 Å². The number of sulfonamides is 1. The largest absolute Gasteiger partial charge is 0.298 e. The summed E-state index contributed by atoms with van der Waals surface area (Å²) in [6.07, 6.45) is 3.42. The van der Waals surface area contributed by atoms with Crippen LogP contribution in [-0.4, -0.2) is 49.8 Å². The lowest BCUT2D eigenvalue weighted by atomic mass is 10.0. The molecule has 7 heteroatoms. The van der Waals surface area contributed by atoms with Gasteiger partial charge >= 0.3 is 0 Å². The van der Waals surface area contributed by atoms with Crippen molar-refractivity contribution in [3.05, 3.63) is 28.5 Å². The van der Waals surface area contributed by atoms with Crippen LogP contribution in [0.3, 0.4) is 0 Å². The molecule has 0 spiro atoms. The van der Waals surface area contributed by atoms with Gasteiger partial charge in [-0.05, 0) is 53.5 Å². The Morgan fingerprint density at radius 3 is 2.76 bits per heavy atom. The molecule has 1 unspecified atom stereocenters. The summed E-state index contributed by atoms with van der Waals surface area (Å²) in [6, 6.07) is 4.04. The lowest BCUT2D eigenvalue weighted by Crippen LogP contribution is -2.56. The number of nitrogens with zero attached hydrogens (tertiary/aromatic N) is 2. The third-order valence-corrected chi connectivity index (χ3v) is 7.15. The van der Waals surface area contributed by atoms with Crippen molar-refractivity contribution in [2.45, 2.75) is 30.2 Å². The summed E-state index contributed by atoms with van der Waals surface area (Å²) >= 11 is 3.16. The molecular weight excluding hydrogens is 359 g/mol. The summed E-state index contributed by atoms with van der Waals surface area (Å²) < 4.78 is 40.5. The molecule has 0 radical (unpaired) electrons. The molecule has 0 aromatic heterocycles. The van der Waals surface area contributed by atoms with Gasteiger partial charge in [-0.1, -0.05) is 6.42 Å². The zero-order valence-corrected chi connectivity index (χ0v) is 14.0. The summed E-state index contributed by atoms with van der Waals surface area (Å²) in [5.41, 5.74) is 0. The smallest absolute Gasteiger partial charge is 0.244 e. The summed E-state index contributed by atoms with van der Waals surface area (Å²) in [7, 11) is -3.57. The molecule has 1 aromatic rings. The monoisotopic (exact) mass is 376 g/mol. The van der Waals surface area contributed by atoms with E-state index in [1.54, 1.807) is 0 Å². The van der Waals surface area contributed by atoms with Gasteiger partial charge in [0.15, 0.2) is 0 Å². The molecule has 2 saturated heterocycles. The Kier molecular flexibility index (Phi) is 4.36. The first-order valence-electron chi connectivity index (χ1n) is 7.18. The van der Waals surface area contributed by atoms with Crippen molar-refractivity contribution < 1.29 is 12.8 Å². The van der Waals surface area contributed by atoms with Crippen molar-refractivity contribution in [1.82, 2.24) is 9.21 Å². The molecule has 0 amide bonds. The molecule has 2 aliphatic heterocycles. The first-order chi connectivity index (χ1) is 9.98. The molecule has 1 aromatic carbocycles. The molecule has 4 nitrogen and oxygen atoms in total. The zero-order chi connectivity index (χ0) is 15.0. The predicted octanol–water partition coefficient (Wildman–Crippen LogP) is 2.45. The number of piperazine rings is 1. The second-order valence-electron chi connectivity index (χ2n) is 5.62. The first kappa shape index (κ1) is 15.4. The van der Waals surface area contributed by atoms with E-state index in [-0.39, 0.29) is 9.37 Å². The molecule has 0 saturated carbocycles. The van der Waals surface area contributed by atoms with Gasteiger partial charge in [0.2, 0.25) is 10.0 Å². The van der Waals surface area contributed by atoms with E-state index in [9.17, 15) is 12.8 Å². The number of rotatable bonds is 2. The fourth-order valence-electron chi connectivity index (χ4n) is 3.17. The maximum atomic E-state index is 13.2. The van der Waals surface area contributed by atoms with Gasteiger partial charge in [-0.15, -0.1) is 0 Å². The fourth-order valence-corrected chi connectivity index (χ4v) is 5.65. The van der Waals surface area contributed by atoms with Gasteiger partial charge in [-0.25, -0.2) is 12.8 Å². The van der Waals surface area contributed by atoms with Gasteiger partial charge in [-0.3, -0.25) is 4.90 Å². The van der Waals surface area contributed by atoms with Crippen LogP contribution >= 0.6 is 15.9 Å². The van der Waals surface area contributed by atoms with E-state index in [4.69, 9.17) is 0 Å². The van der Waals surface area contributed by atoms with Gasteiger partial charge < -0.3 is 0 Å². The van der Waals surface area contributed by atoms with Gasteiger partial charge in [0.25, 0.3) is 0 Å². The number of fused-ring (bicyclic) bond motifs is 1. The number of hydrogen-bond donors (Lipinski definition) is 0. The number of benzene rings is 1. The zero-order valence-electron chi connectivity index (χ0n) is 11.6. The molecule has 2 heterocycles. The van der Waals surface area contributed by atoms with Crippen LogP contribution in [0.15, 0.2) is 27.6 Å². The first-order valence-corrected chi connectivity index (χ1v) is 9.41. The van der Waals surface area contributed by atoms with Crippen molar-refractivity contribution in [1.29, 1.82) is 0 Å². The average molecular weight is 377 g/mol. The van der Waals surface area contributed by atoms with Crippen LogP contribution in [-0.2, 0) is 10.0 Å². The topological polar surface area (TPSA) is 40.6 Å². The molecule has 3 rings (SSSR count). The lowest BCUT2D eigenvalue weighted by Gasteiger charge is -2.43. The highest BCUT2D eigenvalue weighted by atomic mass is 79.9. The van der Waals surface area contributed by atoms with Crippen LogP contribution < -0.4 is 0 Å². The molecule has 21 heavy (non-hydrogen) atoms. The Morgan fingerprint density at radius 2 is 2.00 bits per heavy atom. The third kappa shape index (κ3) is 3.02. The van der Waals surface area contributed by atoms with Gasteiger partial charge in [0, 0.05) is 30.1 Å². The maximum Gasteiger partial charge on any atom is 0.244 e. The van der Waals surface area contributed by atoms with E-state index >= 15 is 0 Å². The molecule has 2 fully saturated rings. The summed E-state index contributed by atoms with van der Waals surface area (Å²) in [5.74, 6) is -0.446.